The van der Waals surface area contributed by atoms with E-state index >= 15 is 0 Å². The molecule has 2 aromatic rings. The van der Waals surface area contributed by atoms with E-state index in [1.165, 1.54) is 0 Å². The minimum absolute atomic E-state index is 0.407. The number of rotatable bonds is 2. The molecule has 0 spiro atoms. The van der Waals surface area contributed by atoms with Crippen molar-refractivity contribution in [2.75, 3.05) is 10.6 Å². The van der Waals surface area contributed by atoms with Gasteiger partial charge in [0.05, 0.1) is 16.4 Å². The SMILES string of the molecule is Cc1ccc(NC(=O)[C@@H]2Oc3ccccc3NC2=O)c(Cl)c1. The van der Waals surface area contributed by atoms with Crippen molar-refractivity contribution in [1.29, 1.82) is 0 Å². The van der Waals surface area contributed by atoms with Gasteiger partial charge in [0.15, 0.2) is 0 Å². The normalized spacial score (nSPS) is 16.3. The molecule has 2 aromatic carbocycles. The highest BCUT2D eigenvalue weighted by Gasteiger charge is 2.34. The van der Waals surface area contributed by atoms with Crippen LogP contribution in [0.4, 0.5) is 11.4 Å². The summed E-state index contributed by atoms with van der Waals surface area (Å²) in [5, 5.41) is 5.66. The molecule has 0 radical (unpaired) electrons. The lowest BCUT2D eigenvalue weighted by Crippen LogP contribution is -2.45. The minimum atomic E-state index is -1.26. The van der Waals surface area contributed by atoms with E-state index in [2.05, 4.69) is 10.6 Å². The van der Waals surface area contributed by atoms with E-state index < -0.39 is 17.9 Å². The highest BCUT2D eigenvalue weighted by atomic mass is 35.5. The molecule has 22 heavy (non-hydrogen) atoms. The number of aryl methyl sites for hydroxylation is 1. The minimum Gasteiger partial charge on any atom is -0.468 e. The Morgan fingerprint density at radius 3 is 2.82 bits per heavy atom. The molecule has 1 atom stereocenters. The summed E-state index contributed by atoms with van der Waals surface area (Å²) in [5.41, 5.74) is 1.96. The lowest BCUT2D eigenvalue weighted by Gasteiger charge is -2.25. The lowest BCUT2D eigenvalue weighted by molar-refractivity contribution is -0.133. The first kappa shape index (κ1) is 14.4. The topological polar surface area (TPSA) is 67.4 Å². The third-order valence-electron chi connectivity index (χ3n) is 3.25. The number of hydrogen-bond acceptors (Lipinski definition) is 3. The summed E-state index contributed by atoms with van der Waals surface area (Å²) in [6.07, 6.45) is -1.26. The Kier molecular flexibility index (Phi) is 3.73. The number of amides is 2. The van der Waals surface area contributed by atoms with Gasteiger partial charge in [0.1, 0.15) is 5.75 Å². The van der Waals surface area contributed by atoms with Crippen LogP contribution in [0.3, 0.4) is 0 Å². The summed E-state index contributed by atoms with van der Waals surface area (Å²) in [4.78, 5) is 24.3. The van der Waals surface area contributed by atoms with Gasteiger partial charge in [-0.05, 0) is 36.8 Å². The second-order valence-electron chi connectivity index (χ2n) is 4.96. The second kappa shape index (κ2) is 5.69. The monoisotopic (exact) mass is 316 g/mol. The average Bonchev–Trinajstić information content (AvgIpc) is 2.49. The van der Waals surface area contributed by atoms with Crippen molar-refractivity contribution in [2.24, 2.45) is 0 Å². The Hall–Kier alpha value is -2.53. The Morgan fingerprint density at radius 1 is 1.27 bits per heavy atom. The number of carbonyl (C=O) groups is 2. The number of halogens is 1. The molecule has 1 aliphatic rings. The van der Waals surface area contributed by atoms with Crippen molar-refractivity contribution in [3.63, 3.8) is 0 Å². The van der Waals surface area contributed by atoms with E-state index in [0.29, 0.717) is 22.1 Å². The molecule has 0 unspecified atom stereocenters. The maximum Gasteiger partial charge on any atom is 0.275 e. The third-order valence-corrected chi connectivity index (χ3v) is 3.56. The number of para-hydroxylation sites is 2. The van der Waals surface area contributed by atoms with E-state index in [9.17, 15) is 9.59 Å². The Morgan fingerprint density at radius 2 is 2.05 bits per heavy atom. The largest absolute Gasteiger partial charge is 0.468 e. The summed E-state index contributed by atoms with van der Waals surface area (Å²) in [7, 11) is 0. The van der Waals surface area contributed by atoms with Crippen molar-refractivity contribution in [3.8, 4) is 5.75 Å². The molecule has 0 fully saturated rings. The van der Waals surface area contributed by atoms with Crippen LogP contribution in [0.5, 0.6) is 5.75 Å². The summed E-state index contributed by atoms with van der Waals surface area (Å²) in [5.74, 6) is -0.630. The van der Waals surface area contributed by atoms with E-state index in [1.807, 2.05) is 13.0 Å². The molecule has 112 valence electrons. The van der Waals surface area contributed by atoms with Crippen molar-refractivity contribution < 1.29 is 14.3 Å². The number of fused-ring (bicyclic) bond motifs is 1. The average molecular weight is 317 g/mol. The lowest BCUT2D eigenvalue weighted by atomic mass is 10.2. The van der Waals surface area contributed by atoms with Crippen LogP contribution in [0.25, 0.3) is 0 Å². The number of hydrogen-bond donors (Lipinski definition) is 2. The maximum absolute atomic E-state index is 12.3. The molecule has 1 aliphatic heterocycles. The summed E-state index contributed by atoms with van der Waals surface area (Å²) < 4.78 is 5.47. The number of benzene rings is 2. The van der Waals surface area contributed by atoms with Gasteiger partial charge in [-0.3, -0.25) is 9.59 Å². The van der Waals surface area contributed by atoms with Crippen molar-refractivity contribution in [1.82, 2.24) is 0 Å². The van der Waals surface area contributed by atoms with Gasteiger partial charge in [0, 0.05) is 0 Å². The fourth-order valence-corrected chi connectivity index (χ4v) is 2.43. The predicted octanol–water partition coefficient (Wildman–Crippen LogP) is 2.99. The quantitative estimate of drug-likeness (QED) is 0.837. The first-order valence-corrected chi connectivity index (χ1v) is 7.06. The van der Waals surface area contributed by atoms with Gasteiger partial charge in [-0.25, -0.2) is 0 Å². The van der Waals surface area contributed by atoms with E-state index in [1.54, 1.807) is 36.4 Å². The van der Waals surface area contributed by atoms with Crippen LogP contribution in [0.1, 0.15) is 5.56 Å². The number of anilines is 2. The van der Waals surface area contributed by atoms with Crippen LogP contribution in [0.2, 0.25) is 5.02 Å². The van der Waals surface area contributed by atoms with Gasteiger partial charge in [-0.15, -0.1) is 0 Å². The summed E-state index contributed by atoms with van der Waals surface area (Å²) >= 11 is 6.07. The molecule has 0 saturated heterocycles. The zero-order valence-corrected chi connectivity index (χ0v) is 12.5. The third kappa shape index (κ3) is 2.76. The molecule has 0 saturated carbocycles. The van der Waals surface area contributed by atoms with Crippen LogP contribution in [0, 0.1) is 6.92 Å². The van der Waals surface area contributed by atoms with Crippen LogP contribution in [-0.4, -0.2) is 17.9 Å². The molecule has 5 nitrogen and oxygen atoms in total. The van der Waals surface area contributed by atoms with Gasteiger partial charge >= 0.3 is 0 Å². The van der Waals surface area contributed by atoms with Gasteiger partial charge in [0.25, 0.3) is 17.9 Å². The zero-order chi connectivity index (χ0) is 15.7. The Balaban J connectivity index is 1.79. The first-order chi connectivity index (χ1) is 10.5. The Bertz CT molecular complexity index is 761. The highest BCUT2D eigenvalue weighted by Crippen LogP contribution is 2.29. The molecular formula is C16H13ClN2O3. The van der Waals surface area contributed by atoms with Gasteiger partial charge < -0.3 is 15.4 Å². The fraction of sp³-hybridized carbons (Fsp3) is 0.125. The molecule has 2 N–H and O–H groups in total. The maximum atomic E-state index is 12.3. The van der Waals surface area contributed by atoms with E-state index in [-0.39, 0.29) is 0 Å². The van der Waals surface area contributed by atoms with Gasteiger partial charge in [-0.1, -0.05) is 29.8 Å². The zero-order valence-electron chi connectivity index (χ0n) is 11.7. The van der Waals surface area contributed by atoms with E-state index in [0.717, 1.165) is 5.56 Å². The molecule has 0 aliphatic carbocycles. The smallest absolute Gasteiger partial charge is 0.275 e. The van der Waals surface area contributed by atoms with Crippen LogP contribution >= 0.6 is 11.6 Å². The van der Waals surface area contributed by atoms with Gasteiger partial charge in [-0.2, -0.15) is 0 Å². The molecule has 0 bridgehead atoms. The van der Waals surface area contributed by atoms with E-state index in [4.69, 9.17) is 16.3 Å². The predicted molar refractivity (Wildman–Crippen MR) is 84.3 cm³/mol. The Labute approximate surface area is 132 Å². The fourth-order valence-electron chi connectivity index (χ4n) is 2.14. The van der Waals surface area contributed by atoms with Crippen molar-refractivity contribution >= 4 is 34.8 Å². The highest BCUT2D eigenvalue weighted by molar-refractivity contribution is 6.34. The molecule has 3 rings (SSSR count). The summed E-state index contributed by atoms with van der Waals surface area (Å²) in [6, 6.07) is 12.2. The van der Waals surface area contributed by atoms with Crippen LogP contribution in [-0.2, 0) is 9.59 Å². The van der Waals surface area contributed by atoms with Crippen molar-refractivity contribution in [3.05, 3.63) is 53.1 Å². The molecular weight excluding hydrogens is 304 g/mol. The molecule has 2 amide bonds. The number of carbonyl (C=O) groups excluding carboxylic acids is 2. The number of nitrogens with one attached hydrogen (secondary N) is 2. The molecule has 0 aromatic heterocycles. The first-order valence-electron chi connectivity index (χ1n) is 6.68. The summed E-state index contributed by atoms with van der Waals surface area (Å²) in [6.45, 7) is 1.89. The van der Waals surface area contributed by atoms with Crippen LogP contribution in [0.15, 0.2) is 42.5 Å². The standard InChI is InChI=1S/C16H13ClN2O3/c1-9-6-7-11(10(17)8-9)18-15(20)14-16(21)19-12-4-2-3-5-13(12)22-14/h2-8,14H,1H3,(H,18,20)(H,19,21)/t14-/m0/s1. The molecule has 1 heterocycles. The van der Waals surface area contributed by atoms with Crippen LogP contribution < -0.4 is 15.4 Å². The van der Waals surface area contributed by atoms with Crippen molar-refractivity contribution in [2.45, 2.75) is 13.0 Å². The second-order valence-corrected chi connectivity index (χ2v) is 5.36. The van der Waals surface area contributed by atoms with Gasteiger partial charge in [0.2, 0.25) is 0 Å². The molecule has 6 heteroatoms. The number of ether oxygens (including phenoxy) is 1.